The van der Waals surface area contributed by atoms with Crippen molar-refractivity contribution in [1.29, 1.82) is 0 Å². The van der Waals surface area contributed by atoms with Gasteiger partial charge < -0.3 is 9.15 Å². The molecule has 0 aliphatic heterocycles. The van der Waals surface area contributed by atoms with Crippen molar-refractivity contribution in [1.82, 2.24) is 15.1 Å². The molecule has 3 rings (SSSR count). The smallest absolute Gasteiger partial charge is 0.247 e. The molecule has 1 heterocycles. The zero-order chi connectivity index (χ0) is 16.8. The van der Waals surface area contributed by atoms with Gasteiger partial charge in [0.25, 0.3) is 0 Å². The maximum Gasteiger partial charge on any atom is 0.247 e. The molecule has 124 valence electrons. The predicted octanol–water partition coefficient (Wildman–Crippen LogP) is 3.90. The van der Waals surface area contributed by atoms with Gasteiger partial charge in [-0.1, -0.05) is 35.9 Å². The Bertz CT molecular complexity index is 777. The highest BCUT2D eigenvalue weighted by molar-refractivity contribution is 6.30. The van der Waals surface area contributed by atoms with E-state index in [0.29, 0.717) is 30.0 Å². The second-order valence-corrected chi connectivity index (χ2v) is 5.85. The van der Waals surface area contributed by atoms with Gasteiger partial charge in [-0.2, -0.15) is 0 Å². The monoisotopic (exact) mass is 343 g/mol. The Morgan fingerprint density at radius 2 is 1.92 bits per heavy atom. The van der Waals surface area contributed by atoms with E-state index in [2.05, 4.69) is 15.1 Å². The molecule has 0 fully saturated rings. The number of benzene rings is 2. The van der Waals surface area contributed by atoms with Crippen LogP contribution in [-0.4, -0.2) is 35.3 Å². The number of halogens is 1. The molecule has 1 aromatic heterocycles. The van der Waals surface area contributed by atoms with Gasteiger partial charge in [0, 0.05) is 17.1 Å². The Kier molecular flexibility index (Phi) is 5.46. The van der Waals surface area contributed by atoms with Crippen LogP contribution in [0, 0.1) is 0 Å². The molecule has 0 aliphatic carbocycles. The number of rotatable bonds is 7. The fourth-order valence-corrected chi connectivity index (χ4v) is 2.38. The highest BCUT2D eigenvalue weighted by Crippen LogP contribution is 2.18. The van der Waals surface area contributed by atoms with E-state index in [9.17, 15) is 0 Å². The van der Waals surface area contributed by atoms with E-state index >= 15 is 0 Å². The first-order valence-electron chi connectivity index (χ1n) is 7.65. The summed E-state index contributed by atoms with van der Waals surface area (Å²) in [6.45, 7) is 1.85. The molecule has 0 saturated carbocycles. The summed E-state index contributed by atoms with van der Waals surface area (Å²) in [5.74, 6) is 1.88. The second-order valence-electron chi connectivity index (χ2n) is 5.41. The van der Waals surface area contributed by atoms with Crippen LogP contribution in [0.1, 0.15) is 5.89 Å². The van der Waals surface area contributed by atoms with Gasteiger partial charge in [0.05, 0.1) is 6.54 Å². The molecular formula is C18H18ClN3O2. The molecule has 24 heavy (non-hydrogen) atoms. The first kappa shape index (κ1) is 16.5. The lowest BCUT2D eigenvalue weighted by molar-refractivity contribution is 0.220. The van der Waals surface area contributed by atoms with Gasteiger partial charge in [0.1, 0.15) is 12.4 Å². The van der Waals surface area contributed by atoms with Gasteiger partial charge in [-0.25, -0.2) is 0 Å². The molecule has 0 atom stereocenters. The summed E-state index contributed by atoms with van der Waals surface area (Å²) in [6.07, 6.45) is 0. The van der Waals surface area contributed by atoms with Crippen LogP contribution in [0.15, 0.2) is 59.0 Å². The van der Waals surface area contributed by atoms with Crippen molar-refractivity contribution in [3.05, 3.63) is 65.5 Å². The molecule has 0 spiro atoms. The van der Waals surface area contributed by atoms with Gasteiger partial charge in [0.2, 0.25) is 11.8 Å². The van der Waals surface area contributed by atoms with Crippen LogP contribution in [0.25, 0.3) is 11.5 Å². The number of hydrogen-bond acceptors (Lipinski definition) is 5. The quantitative estimate of drug-likeness (QED) is 0.651. The molecule has 0 radical (unpaired) electrons. The minimum absolute atomic E-state index is 0.536. The van der Waals surface area contributed by atoms with Crippen molar-refractivity contribution in [2.75, 3.05) is 20.2 Å². The lowest BCUT2D eigenvalue weighted by atomic mass is 10.2. The lowest BCUT2D eigenvalue weighted by Gasteiger charge is -2.14. The lowest BCUT2D eigenvalue weighted by Crippen LogP contribution is -2.24. The first-order chi connectivity index (χ1) is 11.7. The van der Waals surface area contributed by atoms with E-state index in [0.717, 1.165) is 17.9 Å². The highest BCUT2D eigenvalue weighted by Gasteiger charge is 2.10. The Morgan fingerprint density at radius 1 is 1.08 bits per heavy atom. The van der Waals surface area contributed by atoms with E-state index in [1.165, 1.54) is 0 Å². The van der Waals surface area contributed by atoms with Crippen molar-refractivity contribution in [3.63, 3.8) is 0 Å². The standard InChI is InChI=1S/C18H18ClN3O2/c1-22(10-11-23-16-9-5-8-15(19)12-16)13-17-20-21-18(24-17)14-6-3-2-4-7-14/h2-9,12H,10-11,13H2,1H3. The molecule has 0 amide bonds. The summed E-state index contributed by atoms with van der Waals surface area (Å²) in [5, 5.41) is 8.85. The second kappa shape index (κ2) is 7.95. The normalized spacial score (nSPS) is 11.0. The molecular weight excluding hydrogens is 326 g/mol. The summed E-state index contributed by atoms with van der Waals surface area (Å²) in [4.78, 5) is 2.06. The van der Waals surface area contributed by atoms with Crippen LogP contribution in [0.2, 0.25) is 5.02 Å². The SMILES string of the molecule is CN(CCOc1cccc(Cl)c1)Cc1nnc(-c2ccccc2)o1. The molecule has 5 nitrogen and oxygen atoms in total. The summed E-state index contributed by atoms with van der Waals surface area (Å²) < 4.78 is 11.4. The Balaban J connectivity index is 1.48. The maximum absolute atomic E-state index is 5.93. The zero-order valence-corrected chi connectivity index (χ0v) is 14.1. The molecule has 2 aromatic carbocycles. The van der Waals surface area contributed by atoms with Crippen molar-refractivity contribution in [2.45, 2.75) is 6.54 Å². The molecule has 3 aromatic rings. The van der Waals surface area contributed by atoms with E-state index in [1.807, 2.05) is 55.6 Å². The van der Waals surface area contributed by atoms with Crippen LogP contribution >= 0.6 is 11.6 Å². The third kappa shape index (κ3) is 4.57. The molecule has 0 unspecified atom stereocenters. The molecule has 0 bridgehead atoms. The van der Waals surface area contributed by atoms with Crippen LogP contribution in [0.5, 0.6) is 5.75 Å². The third-order valence-electron chi connectivity index (χ3n) is 3.43. The number of hydrogen-bond donors (Lipinski definition) is 0. The molecule has 6 heteroatoms. The van der Waals surface area contributed by atoms with Gasteiger partial charge in [-0.3, -0.25) is 4.90 Å². The van der Waals surface area contributed by atoms with Crippen molar-refractivity contribution < 1.29 is 9.15 Å². The highest BCUT2D eigenvalue weighted by atomic mass is 35.5. The summed E-state index contributed by atoms with van der Waals surface area (Å²) >= 11 is 5.93. The third-order valence-corrected chi connectivity index (χ3v) is 3.67. The van der Waals surface area contributed by atoms with Crippen molar-refractivity contribution >= 4 is 11.6 Å². The fraction of sp³-hybridized carbons (Fsp3) is 0.222. The van der Waals surface area contributed by atoms with Crippen LogP contribution in [-0.2, 0) is 6.54 Å². The van der Waals surface area contributed by atoms with E-state index in [4.69, 9.17) is 20.8 Å². The van der Waals surface area contributed by atoms with Crippen molar-refractivity contribution in [3.8, 4) is 17.2 Å². The van der Waals surface area contributed by atoms with Crippen LogP contribution < -0.4 is 4.74 Å². The Morgan fingerprint density at radius 3 is 2.71 bits per heavy atom. The number of nitrogens with zero attached hydrogens (tertiary/aromatic N) is 3. The van der Waals surface area contributed by atoms with Gasteiger partial charge in [0.15, 0.2) is 0 Å². The number of ether oxygens (including phenoxy) is 1. The average Bonchev–Trinajstić information content (AvgIpc) is 3.04. The maximum atomic E-state index is 5.93. The van der Waals surface area contributed by atoms with E-state index in [-0.39, 0.29) is 0 Å². The minimum atomic E-state index is 0.536. The Hall–Kier alpha value is -2.37. The Labute approximate surface area is 145 Å². The van der Waals surface area contributed by atoms with Crippen molar-refractivity contribution in [2.24, 2.45) is 0 Å². The van der Waals surface area contributed by atoms with E-state index in [1.54, 1.807) is 6.07 Å². The fourth-order valence-electron chi connectivity index (χ4n) is 2.20. The average molecular weight is 344 g/mol. The summed E-state index contributed by atoms with van der Waals surface area (Å²) in [6, 6.07) is 17.1. The zero-order valence-electron chi connectivity index (χ0n) is 13.4. The topological polar surface area (TPSA) is 51.4 Å². The summed E-state index contributed by atoms with van der Waals surface area (Å²) in [5.41, 5.74) is 0.920. The molecule has 0 saturated heterocycles. The van der Waals surface area contributed by atoms with Gasteiger partial charge in [-0.15, -0.1) is 10.2 Å². The van der Waals surface area contributed by atoms with Crippen LogP contribution in [0.4, 0.5) is 0 Å². The minimum Gasteiger partial charge on any atom is -0.492 e. The molecule has 0 aliphatic rings. The van der Waals surface area contributed by atoms with Crippen LogP contribution in [0.3, 0.4) is 0 Å². The predicted molar refractivity (Wildman–Crippen MR) is 93.0 cm³/mol. The first-order valence-corrected chi connectivity index (χ1v) is 8.03. The van der Waals surface area contributed by atoms with Gasteiger partial charge >= 0.3 is 0 Å². The number of likely N-dealkylation sites (N-methyl/N-ethyl adjacent to an activating group) is 1. The summed E-state index contributed by atoms with van der Waals surface area (Å²) in [7, 11) is 1.98. The molecule has 0 N–H and O–H groups in total. The van der Waals surface area contributed by atoms with Gasteiger partial charge in [-0.05, 0) is 37.4 Å². The van der Waals surface area contributed by atoms with E-state index < -0.39 is 0 Å². The number of aromatic nitrogens is 2. The largest absolute Gasteiger partial charge is 0.492 e.